The molecule has 0 unspecified atom stereocenters. The van der Waals surface area contributed by atoms with Gasteiger partial charge in [0, 0.05) is 12.6 Å². The first-order chi connectivity index (χ1) is 9.06. The van der Waals surface area contributed by atoms with E-state index in [-0.39, 0.29) is 42.2 Å². The van der Waals surface area contributed by atoms with E-state index in [0.717, 1.165) is 12.3 Å². The molecule has 0 saturated carbocycles. The van der Waals surface area contributed by atoms with Crippen LogP contribution in [0, 0.1) is 10.1 Å². The highest BCUT2D eigenvalue weighted by atomic mass is 16.6. The zero-order valence-electron chi connectivity index (χ0n) is 9.85. The predicted molar refractivity (Wildman–Crippen MR) is 61.8 cm³/mol. The number of hydrogen-bond donors (Lipinski definition) is 1. The lowest BCUT2D eigenvalue weighted by atomic mass is 10.2. The molecule has 2 aliphatic rings. The molecule has 1 aromatic rings. The highest BCUT2D eigenvalue weighted by Crippen LogP contribution is 2.30. The summed E-state index contributed by atoms with van der Waals surface area (Å²) in [5.74, 6) is -0.273. The number of fused-ring (bicyclic) bond motifs is 2. The molecule has 1 amide bonds. The maximum atomic E-state index is 12.3. The van der Waals surface area contributed by atoms with Crippen molar-refractivity contribution in [2.75, 3.05) is 13.2 Å². The normalized spacial score (nSPS) is 25.3. The second-order valence-electron chi connectivity index (χ2n) is 4.62. The lowest BCUT2D eigenvalue weighted by Crippen LogP contribution is -2.36. The van der Waals surface area contributed by atoms with Crippen LogP contribution in [0.5, 0.6) is 5.88 Å². The number of carbonyl (C=O) groups is 1. The number of nitro groups is 1. The number of hydrogen-bond acceptors (Lipinski definition) is 6. The average molecular weight is 265 g/mol. The molecular weight excluding hydrogens is 254 g/mol. The van der Waals surface area contributed by atoms with Crippen molar-refractivity contribution in [3.05, 3.63) is 27.9 Å². The van der Waals surface area contributed by atoms with Crippen LogP contribution in [0.1, 0.15) is 16.8 Å². The smallest absolute Gasteiger partial charge is 0.288 e. The van der Waals surface area contributed by atoms with E-state index < -0.39 is 11.0 Å². The number of aliphatic hydroxyl groups excluding tert-OH is 1. The Kier molecular flexibility index (Phi) is 2.59. The van der Waals surface area contributed by atoms with Crippen molar-refractivity contribution >= 4 is 11.6 Å². The molecule has 1 fully saturated rings. The monoisotopic (exact) mass is 265 g/mol. The number of ether oxygens (including phenoxy) is 1. The molecule has 3 rings (SSSR count). The first-order valence-corrected chi connectivity index (χ1v) is 5.82. The third-order valence-electron chi connectivity index (χ3n) is 3.34. The van der Waals surface area contributed by atoms with E-state index in [2.05, 4.69) is 4.98 Å². The van der Waals surface area contributed by atoms with Crippen molar-refractivity contribution in [2.24, 2.45) is 0 Å². The minimum atomic E-state index is -0.609. The number of nitrogens with zero attached hydrogens (tertiary/aromatic N) is 3. The molecule has 19 heavy (non-hydrogen) atoms. The summed E-state index contributed by atoms with van der Waals surface area (Å²) < 4.78 is 5.41. The largest absolute Gasteiger partial charge is 0.475 e. The van der Waals surface area contributed by atoms with Crippen LogP contribution in [0.15, 0.2) is 12.3 Å². The minimum absolute atomic E-state index is 0.0748. The summed E-state index contributed by atoms with van der Waals surface area (Å²) in [6, 6.07) is 0.952. The second-order valence-corrected chi connectivity index (χ2v) is 4.62. The Bertz CT molecular complexity index is 561. The van der Waals surface area contributed by atoms with Crippen molar-refractivity contribution in [3.8, 4) is 5.88 Å². The quantitative estimate of drug-likeness (QED) is 0.564. The number of aromatic nitrogens is 1. The number of amides is 1. The molecule has 1 N–H and O–H groups in total. The fourth-order valence-electron chi connectivity index (χ4n) is 2.44. The standard InChI is InChI=1S/C11H11N3O5/c15-8-1-7-5-19-10-9(11(16)13(7)4-8)2-6(3-12-10)14(17)18/h2-3,7-8,15H,1,4-5H2/t7-,8+/m0/s1. The Labute approximate surface area is 107 Å². The average Bonchev–Trinajstić information content (AvgIpc) is 2.71. The van der Waals surface area contributed by atoms with Crippen LogP contribution in [0.3, 0.4) is 0 Å². The molecule has 1 aromatic heterocycles. The van der Waals surface area contributed by atoms with Gasteiger partial charge < -0.3 is 14.7 Å². The van der Waals surface area contributed by atoms with Crippen molar-refractivity contribution in [3.63, 3.8) is 0 Å². The third kappa shape index (κ3) is 1.89. The van der Waals surface area contributed by atoms with Crippen LogP contribution in [0.2, 0.25) is 0 Å². The number of aliphatic hydroxyl groups is 1. The molecule has 0 aromatic carbocycles. The molecule has 0 aliphatic carbocycles. The van der Waals surface area contributed by atoms with Gasteiger partial charge in [0.2, 0.25) is 5.88 Å². The van der Waals surface area contributed by atoms with Crippen molar-refractivity contribution in [1.29, 1.82) is 0 Å². The van der Waals surface area contributed by atoms with Gasteiger partial charge in [-0.25, -0.2) is 4.98 Å². The number of pyridine rings is 1. The van der Waals surface area contributed by atoms with Crippen LogP contribution in [-0.2, 0) is 0 Å². The SMILES string of the molecule is O=C1c2cc([N+](=O)[O-])cnc2OC[C@@H]2C[C@@H](O)CN12. The van der Waals surface area contributed by atoms with Gasteiger partial charge in [0.25, 0.3) is 11.6 Å². The van der Waals surface area contributed by atoms with Crippen LogP contribution >= 0.6 is 0 Å². The van der Waals surface area contributed by atoms with Gasteiger partial charge >= 0.3 is 0 Å². The maximum Gasteiger partial charge on any atom is 0.288 e. The van der Waals surface area contributed by atoms with E-state index in [1.165, 1.54) is 4.90 Å². The van der Waals surface area contributed by atoms with Crippen LogP contribution in [0.25, 0.3) is 0 Å². The molecule has 0 radical (unpaired) electrons. The first-order valence-electron chi connectivity index (χ1n) is 5.82. The zero-order valence-corrected chi connectivity index (χ0v) is 9.85. The van der Waals surface area contributed by atoms with Gasteiger partial charge in [-0.2, -0.15) is 0 Å². The van der Waals surface area contributed by atoms with E-state index in [0.29, 0.717) is 6.42 Å². The Morgan fingerprint density at radius 2 is 2.37 bits per heavy atom. The molecule has 0 bridgehead atoms. The Morgan fingerprint density at radius 3 is 3.11 bits per heavy atom. The Hall–Kier alpha value is -2.22. The maximum absolute atomic E-state index is 12.3. The van der Waals surface area contributed by atoms with E-state index in [9.17, 15) is 20.0 Å². The molecule has 0 spiro atoms. The summed E-state index contributed by atoms with van der Waals surface area (Å²) in [5.41, 5.74) is -0.181. The van der Waals surface area contributed by atoms with Gasteiger partial charge in [0.15, 0.2) is 0 Å². The number of rotatable bonds is 1. The summed E-state index contributed by atoms with van der Waals surface area (Å²) in [6.07, 6.45) is 0.935. The van der Waals surface area contributed by atoms with Crippen molar-refractivity contribution < 1.29 is 19.6 Å². The van der Waals surface area contributed by atoms with E-state index in [1.807, 2.05) is 0 Å². The molecule has 2 aliphatic heterocycles. The third-order valence-corrected chi connectivity index (χ3v) is 3.34. The lowest BCUT2D eigenvalue weighted by Gasteiger charge is -2.19. The van der Waals surface area contributed by atoms with Gasteiger partial charge in [-0.1, -0.05) is 0 Å². The topological polar surface area (TPSA) is 106 Å². The molecule has 3 heterocycles. The number of carbonyl (C=O) groups excluding carboxylic acids is 1. The molecule has 8 nitrogen and oxygen atoms in total. The van der Waals surface area contributed by atoms with Crippen LogP contribution in [0.4, 0.5) is 5.69 Å². The molecule has 2 atom stereocenters. The fraction of sp³-hybridized carbons (Fsp3) is 0.455. The molecule has 1 saturated heterocycles. The van der Waals surface area contributed by atoms with Gasteiger partial charge in [-0.15, -0.1) is 0 Å². The molecule has 8 heteroatoms. The fourth-order valence-corrected chi connectivity index (χ4v) is 2.44. The van der Waals surface area contributed by atoms with Gasteiger partial charge in [-0.05, 0) is 6.42 Å². The Balaban J connectivity index is 2.02. The second kappa shape index (κ2) is 4.16. The summed E-state index contributed by atoms with van der Waals surface area (Å²) in [5, 5.41) is 20.3. The van der Waals surface area contributed by atoms with Crippen LogP contribution in [-0.4, -0.2) is 51.1 Å². The summed E-state index contributed by atoms with van der Waals surface area (Å²) >= 11 is 0. The summed E-state index contributed by atoms with van der Waals surface area (Å²) in [4.78, 5) is 27.7. The highest BCUT2D eigenvalue weighted by molar-refractivity contribution is 5.97. The first kappa shape index (κ1) is 11.8. The Morgan fingerprint density at radius 1 is 1.58 bits per heavy atom. The van der Waals surface area contributed by atoms with Gasteiger partial charge in [0.1, 0.15) is 18.4 Å². The summed E-state index contributed by atoms with van der Waals surface area (Å²) in [7, 11) is 0. The zero-order chi connectivity index (χ0) is 13.6. The van der Waals surface area contributed by atoms with Crippen molar-refractivity contribution in [2.45, 2.75) is 18.6 Å². The minimum Gasteiger partial charge on any atom is -0.475 e. The summed E-state index contributed by atoms with van der Waals surface area (Å²) in [6.45, 7) is 0.454. The molecular formula is C11H11N3O5. The van der Waals surface area contributed by atoms with Gasteiger partial charge in [0.05, 0.1) is 17.1 Å². The highest BCUT2D eigenvalue weighted by Gasteiger charge is 2.39. The van der Waals surface area contributed by atoms with Crippen LogP contribution < -0.4 is 4.74 Å². The van der Waals surface area contributed by atoms with E-state index in [4.69, 9.17) is 4.74 Å². The van der Waals surface area contributed by atoms with E-state index >= 15 is 0 Å². The predicted octanol–water partition coefficient (Wildman–Crippen LogP) is -0.0424. The van der Waals surface area contributed by atoms with E-state index in [1.54, 1.807) is 0 Å². The van der Waals surface area contributed by atoms with Gasteiger partial charge in [-0.3, -0.25) is 14.9 Å². The molecule has 100 valence electrons. The lowest BCUT2D eigenvalue weighted by molar-refractivity contribution is -0.385. The van der Waals surface area contributed by atoms with Crippen molar-refractivity contribution in [1.82, 2.24) is 9.88 Å².